The lowest BCUT2D eigenvalue weighted by Crippen LogP contribution is -2.18. The van der Waals surface area contributed by atoms with E-state index in [9.17, 15) is 24.0 Å². The highest BCUT2D eigenvalue weighted by atomic mass is 16.8. The number of carbonyl (C=O) groups excluding carboxylic acids is 5. The van der Waals surface area contributed by atoms with E-state index in [0.717, 1.165) is 0 Å². The molecule has 3 rings (SSSR count). The zero-order chi connectivity index (χ0) is 15.0. The molecule has 9 heteroatoms. The molecule has 20 heavy (non-hydrogen) atoms. The molecule has 0 aromatic carbocycles. The van der Waals surface area contributed by atoms with E-state index in [4.69, 9.17) is 0 Å². The monoisotopic (exact) mass is 286 g/mol. The number of amides is 4. The second-order valence-electron chi connectivity index (χ2n) is 3.89. The molecule has 0 unspecified atom stereocenters. The van der Waals surface area contributed by atoms with Crippen LogP contribution < -0.4 is 10.6 Å². The Morgan fingerprint density at radius 2 is 0.900 bits per heavy atom. The van der Waals surface area contributed by atoms with E-state index in [1.165, 1.54) is 0 Å². The van der Waals surface area contributed by atoms with Gasteiger partial charge in [0.05, 0.1) is 0 Å². The molecular formula is C11H14N2O7. The summed E-state index contributed by atoms with van der Waals surface area (Å²) in [7, 11) is 0. The van der Waals surface area contributed by atoms with E-state index in [0.29, 0.717) is 38.9 Å². The Labute approximate surface area is 114 Å². The molecule has 0 saturated carbocycles. The first kappa shape index (κ1) is 15.6. The van der Waals surface area contributed by atoms with Crippen molar-refractivity contribution in [1.29, 1.82) is 0 Å². The van der Waals surface area contributed by atoms with Gasteiger partial charge >= 0.3 is 6.16 Å². The smallest absolute Gasteiger partial charge is 0.431 e. The molecule has 3 saturated heterocycles. The average Bonchev–Trinajstić information content (AvgIpc) is 3.07. The van der Waals surface area contributed by atoms with Crippen molar-refractivity contribution in [3.8, 4) is 0 Å². The van der Waals surface area contributed by atoms with E-state index in [2.05, 4.69) is 20.1 Å². The van der Waals surface area contributed by atoms with Crippen LogP contribution in [-0.4, -0.2) is 43.0 Å². The van der Waals surface area contributed by atoms with Gasteiger partial charge in [0.2, 0.25) is 23.6 Å². The standard InChI is InChI=1S/2C4H5NO2.C3H4O3/c2*6-3-1-2-4(7)5-3;4-3-5-1-2-6-3/h2*1-2H2,(H,5,6,7);1-2H2. The summed E-state index contributed by atoms with van der Waals surface area (Å²) in [4.78, 5) is 50.3. The van der Waals surface area contributed by atoms with Crippen LogP contribution in [0.5, 0.6) is 0 Å². The Bertz CT molecular complexity index is 366. The lowest BCUT2D eigenvalue weighted by atomic mass is 10.4. The maximum absolute atomic E-state index is 10.1. The molecule has 2 N–H and O–H groups in total. The number of nitrogens with one attached hydrogen (secondary N) is 2. The predicted molar refractivity (Wildman–Crippen MR) is 62.1 cm³/mol. The van der Waals surface area contributed by atoms with Gasteiger partial charge in [0.25, 0.3) is 0 Å². The molecule has 3 fully saturated rings. The number of carbonyl (C=O) groups is 5. The largest absolute Gasteiger partial charge is 0.508 e. The first-order valence-electron chi connectivity index (χ1n) is 5.92. The fraction of sp³-hybridized carbons (Fsp3) is 0.545. The van der Waals surface area contributed by atoms with E-state index in [1.54, 1.807) is 0 Å². The maximum Gasteiger partial charge on any atom is 0.508 e. The number of cyclic esters (lactones) is 2. The van der Waals surface area contributed by atoms with E-state index < -0.39 is 6.16 Å². The fourth-order valence-corrected chi connectivity index (χ4v) is 1.31. The highest BCUT2D eigenvalue weighted by Gasteiger charge is 2.16. The van der Waals surface area contributed by atoms with Crippen LogP contribution in [0, 0.1) is 0 Å². The van der Waals surface area contributed by atoms with E-state index >= 15 is 0 Å². The molecule has 3 aliphatic rings. The molecule has 0 radical (unpaired) electrons. The average molecular weight is 286 g/mol. The van der Waals surface area contributed by atoms with Crippen molar-refractivity contribution >= 4 is 29.8 Å². The molecule has 0 spiro atoms. The number of rotatable bonds is 0. The normalized spacial score (nSPS) is 19.9. The van der Waals surface area contributed by atoms with Gasteiger partial charge < -0.3 is 9.47 Å². The quantitative estimate of drug-likeness (QED) is 0.431. The summed E-state index contributed by atoms with van der Waals surface area (Å²) < 4.78 is 8.58. The SMILES string of the molecule is O=C1CCC(=O)N1.O=C1CCC(=O)N1.O=C1OCCO1. The Hall–Kier alpha value is -2.45. The van der Waals surface area contributed by atoms with Crippen molar-refractivity contribution in [3.05, 3.63) is 0 Å². The number of imide groups is 2. The Kier molecular flexibility index (Phi) is 6.14. The zero-order valence-corrected chi connectivity index (χ0v) is 10.6. The summed E-state index contributed by atoms with van der Waals surface area (Å²) in [5.74, 6) is -0.593. The first-order chi connectivity index (χ1) is 9.47. The van der Waals surface area contributed by atoms with Gasteiger partial charge in [-0.3, -0.25) is 29.8 Å². The molecule has 3 aliphatic heterocycles. The van der Waals surface area contributed by atoms with Crippen molar-refractivity contribution in [2.45, 2.75) is 25.7 Å². The molecule has 0 atom stereocenters. The molecule has 0 bridgehead atoms. The van der Waals surface area contributed by atoms with Gasteiger partial charge in [0.1, 0.15) is 13.2 Å². The topological polar surface area (TPSA) is 128 Å². The molecule has 4 amide bonds. The fourth-order valence-electron chi connectivity index (χ4n) is 1.31. The van der Waals surface area contributed by atoms with Crippen LogP contribution in [0.4, 0.5) is 4.79 Å². The van der Waals surface area contributed by atoms with Gasteiger partial charge in [0, 0.05) is 25.7 Å². The summed E-state index contributed by atoms with van der Waals surface area (Å²) in [5.41, 5.74) is 0. The third-order valence-corrected chi connectivity index (χ3v) is 2.24. The van der Waals surface area contributed by atoms with E-state index in [-0.39, 0.29) is 23.6 Å². The summed E-state index contributed by atoms with van der Waals surface area (Å²) in [6.07, 6.45) is 0.949. The minimum Gasteiger partial charge on any atom is -0.431 e. The maximum atomic E-state index is 10.1. The zero-order valence-electron chi connectivity index (χ0n) is 10.6. The minimum absolute atomic E-state index is 0.148. The van der Waals surface area contributed by atoms with Gasteiger partial charge in [0.15, 0.2) is 0 Å². The Morgan fingerprint density at radius 3 is 1.00 bits per heavy atom. The lowest BCUT2D eigenvalue weighted by molar-refractivity contribution is -0.126. The third kappa shape index (κ3) is 6.47. The molecule has 0 aromatic heterocycles. The van der Waals surface area contributed by atoms with Crippen molar-refractivity contribution in [2.24, 2.45) is 0 Å². The predicted octanol–water partition coefficient (Wildman–Crippen LogP) is -1.00. The van der Waals surface area contributed by atoms with Crippen LogP contribution >= 0.6 is 0 Å². The molecule has 9 nitrogen and oxygen atoms in total. The minimum atomic E-state index is -0.546. The Morgan fingerprint density at radius 1 is 0.600 bits per heavy atom. The molecule has 3 heterocycles. The van der Waals surface area contributed by atoms with Crippen LogP contribution in [0.15, 0.2) is 0 Å². The summed E-state index contributed by atoms with van der Waals surface area (Å²) in [6, 6.07) is 0. The van der Waals surface area contributed by atoms with E-state index in [1.807, 2.05) is 0 Å². The second kappa shape index (κ2) is 7.87. The molecule has 0 aromatic rings. The highest BCUT2D eigenvalue weighted by molar-refractivity contribution is 6.02. The lowest BCUT2D eigenvalue weighted by Gasteiger charge is -1.79. The summed E-state index contributed by atoms with van der Waals surface area (Å²) >= 11 is 0. The number of hydrogen-bond donors (Lipinski definition) is 2. The van der Waals surface area contributed by atoms with Crippen LogP contribution in [0.25, 0.3) is 0 Å². The molecule has 110 valence electrons. The van der Waals surface area contributed by atoms with Gasteiger partial charge in [-0.2, -0.15) is 0 Å². The van der Waals surface area contributed by atoms with Crippen LogP contribution in [0.2, 0.25) is 0 Å². The van der Waals surface area contributed by atoms with Crippen molar-refractivity contribution < 1.29 is 33.4 Å². The van der Waals surface area contributed by atoms with Gasteiger partial charge in [-0.15, -0.1) is 0 Å². The molecule has 0 aliphatic carbocycles. The van der Waals surface area contributed by atoms with Crippen LogP contribution in [0.3, 0.4) is 0 Å². The van der Waals surface area contributed by atoms with Gasteiger partial charge in [-0.1, -0.05) is 0 Å². The van der Waals surface area contributed by atoms with Crippen LogP contribution in [-0.2, 0) is 28.7 Å². The summed E-state index contributed by atoms with van der Waals surface area (Å²) in [6.45, 7) is 0.831. The van der Waals surface area contributed by atoms with Crippen molar-refractivity contribution in [1.82, 2.24) is 10.6 Å². The number of ether oxygens (including phenoxy) is 2. The molecular weight excluding hydrogens is 272 g/mol. The van der Waals surface area contributed by atoms with Crippen LogP contribution in [0.1, 0.15) is 25.7 Å². The Balaban J connectivity index is 0.000000151. The number of hydrogen-bond acceptors (Lipinski definition) is 7. The highest BCUT2D eigenvalue weighted by Crippen LogP contribution is 1.96. The van der Waals surface area contributed by atoms with Crippen molar-refractivity contribution in [2.75, 3.05) is 13.2 Å². The third-order valence-electron chi connectivity index (χ3n) is 2.24. The van der Waals surface area contributed by atoms with Crippen molar-refractivity contribution in [3.63, 3.8) is 0 Å². The van der Waals surface area contributed by atoms with Gasteiger partial charge in [-0.25, -0.2) is 4.79 Å². The van der Waals surface area contributed by atoms with Gasteiger partial charge in [-0.05, 0) is 0 Å². The summed E-state index contributed by atoms with van der Waals surface area (Å²) in [5, 5.41) is 4.28. The second-order valence-corrected chi connectivity index (χ2v) is 3.89. The first-order valence-corrected chi connectivity index (χ1v) is 5.92.